The van der Waals surface area contributed by atoms with Gasteiger partial charge in [-0.3, -0.25) is 0 Å². The number of aromatic nitrogens is 2. The molecule has 16 heavy (non-hydrogen) atoms. The zero-order valence-corrected chi connectivity index (χ0v) is 9.80. The van der Waals surface area contributed by atoms with E-state index in [0.717, 1.165) is 16.8 Å². The van der Waals surface area contributed by atoms with Gasteiger partial charge in [0.1, 0.15) is 5.75 Å². The van der Waals surface area contributed by atoms with Crippen molar-refractivity contribution in [3.05, 3.63) is 28.9 Å². The van der Waals surface area contributed by atoms with Crippen LogP contribution in [0, 0.1) is 6.92 Å². The fourth-order valence-corrected chi connectivity index (χ4v) is 1.82. The number of ether oxygens (including phenoxy) is 1. The third-order valence-electron chi connectivity index (χ3n) is 2.38. The first-order valence-electron chi connectivity index (χ1n) is 4.77. The fraction of sp³-hybridized carbons (Fsp3) is 0.182. The van der Waals surface area contributed by atoms with Gasteiger partial charge in [0.05, 0.1) is 24.0 Å². The van der Waals surface area contributed by atoms with Crippen molar-refractivity contribution in [2.24, 2.45) is 0 Å². The van der Waals surface area contributed by atoms with Crippen LogP contribution in [-0.2, 0) is 0 Å². The van der Waals surface area contributed by atoms with E-state index in [1.807, 2.05) is 19.1 Å². The van der Waals surface area contributed by atoms with Crippen molar-refractivity contribution in [3.63, 3.8) is 0 Å². The summed E-state index contributed by atoms with van der Waals surface area (Å²) in [6, 6.07) is 3.72. The second kappa shape index (κ2) is 4.06. The monoisotopic (exact) mass is 237 g/mol. The summed E-state index contributed by atoms with van der Waals surface area (Å²) in [6.07, 6.45) is 1.68. The Kier molecular flexibility index (Phi) is 2.75. The number of hydrogen-bond acceptors (Lipinski definition) is 3. The SMILES string of the molecule is COc1cc(C)c(-c2cnc(N)[nH]2)cc1Cl. The molecule has 1 aromatic carbocycles. The van der Waals surface area contributed by atoms with Crippen molar-refractivity contribution < 1.29 is 4.74 Å². The average Bonchev–Trinajstić information content (AvgIpc) is 2.67. The van der Waals surface area contributed by atoms with Crippen LogP contribution in [-0.4, -0.2) is 17.1 Å². The van der Waals surface area contributed by atoms with Crippen LogP contribution in [0.15, 0.2) is 18.3 Å². The normalized spacial score (nSPS) is 10.4. The summed E-state index contributed by atoms with van der Waals surface area (Å²) >= 11 is 6.07. The van der Waals surface area contributed by atoms with Crippen molar-refractivity contribution in [1.29, 1.82) is 0 Å². The Morgan fingerprint density at radius 1 is 1.44 bits per heavy atom. The van der Waals surface area contributed by atoms with Gasteiger partial charge in [-0.25, -0.2) is 4.98 Å². The lowest BCUT2D eigenvalue weighted by Crippen LogP contribution is -1.90. The maximum Gasteiger partial charge on any atom is 0.197 e. The lowest BCUT2D eigenvalue weighted by atomic mass is 10.1. The molecule has 0 unspecified atom stereocenters. The number of imidazole rings is 1. The van der Waals surface area contributed by atoms with Gasteiger partial charge in [0.2, 0.25) is 0 Å². The smallest absolute Gasteiger partial charge is 0.197 e. The number of anilines is 1. The van der Waals surface area contributed by atoms with Gasteiger partial charge in [-0.2, -0.15) is 0 Å². The molecule has 2 aromatic rings. The molecule has 0 saturated heterocycles. The predicted octanol–water partition coefficient (Wildman–Crippen LogP) is 2.63. The lowest BCUT2D eigenvalue weighted by molar-refractivity contribution is 0.415. The van der Waals surface area contributed by atoms with Gasteiger partial charge in [-0.05, 0) is 24.6 Å². The van der Waals surface area contributed by atoms with Crippen LogP contribution in [0.2, 0.25) is 5.02 Å². The number of benzene rings is 1. The van der Waals surface area contributed by atoms with Gasteiger partial charge in [0, 0.05) is 5.56 Å². The number of nitrogens with one attached hydrogen (secondary N) is 1. The number of nitrogen functional groups attached to an aromatic ring is 1. The Balaban J connectivity index is 2.54. The maximum atomic E-state index is 6.07. The second-order valence-corrected chi connectivity index (χ2v) is 3.89. The molecule has 5 heteroatoms. The van der Waals surface area contributed by atoms with Crippen molar-refractivity contribution in [2.45, 2.75) is 6.92 Å². The summed E-state index contributed by atoms with van der Waals surface area (Å²) in [6.45, 7) is 1.98. The number of hydrogen-bond donors (Lipinski definition) is 2. The molecule has 0 radical (unpaired) electrons. The molecular weight excluding hydrogens is 226 g/mol. The number of nitrogens with zero attached hydrogens (tertiary/aromatic N) is 1. The largest absolute Gasteiger partial charge is 0.495 e. The number of methoxy groups -OCH3 is 1. The van der Waals surface area contributed by atoms with Crippen LogP contribution in [0.3, 0.4) is 0 Å². The van der Waals surface area contributed by atoms with E-state index in [2.05, 4.69) is 9.97 Å². The van der Waals surface area contributed by atoms with Crippen LogP contribution in [0.1, 0.15) is 5.56 Å². The van der Waals surface area contributed by atoms with Crippen LogP contribution < -0.4 is 10.5 Å². The first-order chi connectivity index (χ1) is 7.61. The van der Waals surface area contributed by atoms with E-state index < -0.39 is 0 Å². The number of halogens is 1. The summed E-state index contributed by atoms with van der Waals surface area (Å²) in [5, 5.41) is 0.566. The fourth-order valence-electron chi connectivity index (χ4n) is 1.58. The quantitative estimate of drug-likeness (QED) is 0.844. The highest BCUT2D eigenvalue weighted by atomic mass is 35.5. The number of nitrogens with two attached hydrogens (primary N) is 1. The van der Waals surface area contributed by atoms with Crippen LogP contribution in [0.5, 0.6) is 5.75 Å². The highest BCUT2D eigenvalue weighted by Gasteiger charge is 2.09. The minimum Gasteiger partial charge on any atom is -0.495 e. The molecule has 0 aliphatic carbocycles. The third-order valence-corrected chi connectivity index (χ3v) is 2.68. The van der Waals surface area contributed by atoms with Crippen LogP contribution in [0.4, 0.5) is 5.95 Å². The third kappa shape index (κ3) is 1.84. The Morgan fingerprint density at radius 2 is 2.19 bits per heavy atom. The molecule has 0 bridgehead atoms. The highest BCUT2D eigenvalue weighted by Crippen LogP contribution is 2.32. The Bertz CT molecular complexity index is 522. The Hall–Kier alpha value is -1.68. The molecule has 3 N–H and O–H groups in total. The van der Waals surface area contributed by atoms with E-state index in [9.17, 15) is 0 Å². The van der Waals surface area contributed by atoms with Crippen LogP contribution in [0.25, 0.3) is 11.3 Å². The summed E-state index contributed by atoms with van der Waals surface area (Å²) in [4.78, 5) is 6.92. The molecule has 0 fully saturated rings. The van der Waals surface area contributed by atoms with E-state index in [1.165, 1.54) is 0 Å². The van der Waals surface area contributed by atoms with E-state index in [0.29, 0.717) is 16.7 Å². The number of aromatic amines is 1. The van der Waals surface area contributed by atoms with Crippen LogP contribution >= 0.6 is 11.6 Å². The Morgan fingerprint density at radius 3 is 2.75 bits per heavy atom. The number of aryl methyl sites for hydroxylation is 1. The standard InChI is InChI=1S/C11H12ClN3O/c1-6-3-10(16-2)8(12)4-7(6)9-5-14-11(13)15-9/h3-5H,1-2H3,(H3,13,14,15). The summed E-state index contributed by atoms with van der Waals surface area (Å²) in [5.41, 5.74) is 8.40. The van der Waals surface area contributed by atoms with Gasteiger partial charge >= 0.3 is 0 Å². The van der Waals surface area contributed by atoms with Gasteiger partial charge in [0.25, 0.3) is 0 Å². The number of H-pyrrole nitrogens is 1. The first-order valence-corrected chi connectivity index (χ1v) is 5.14. The lowest BCUT2D eigenvalue weighted by Gasteiger charge is -2.08. The zero-order chi connectivity index (χ0) is 11.7. The van der Waals surface area contributed by atoms with Gasteiger partial charge in [0.15, 0.2) is 5.95 Å². The molecule has 1 heterocycles. The molecule has 1 aromatic heterocycles. The summed E-state index contributed by atoms with van der Waals surface area (Å²) < 4.78 is 5.14. The zero-order valence-electron chi connectivity index (χ0n) is 9.04. The van der Waals surface area contributed by atoms with Gasteiger partial charge < -0.3 is 15.5 Å². The molecule has 0 amide bonds. The molecule has 84 valence electrons. The van der Waals surface area contributed by atoms with E-state index >= 15 is 0 Å². The van der Waals surface area contributed by atoms with E-state index in [1.54, 1.807) is 13.3 Å². The minimum atomic E-state index is 0.390. The van der Waals surface area contributed by atoms with Crippen molar-refractivity contribution in [2.75, 3.05) is 12.8 Å². The highest BCUT2D eigenvalue weighted by molar-refractivity contribution is 6.32. The van der Waals surface area contributed by atoms with Crippen molar-refractivity contribution >= 4 is 17.5 Å². The maximum absolute atomic E-state index is 6.07. The van der Waals surface area contributed by atoms with Crippen molar-refractivity contribution in [3.8, 4) is 17.0 Å². The molecule has 0 spiro atoms. The number of rotatable bonds is 2. The molecule has 4 nitrogen and oxygen atoms in total. The second-order valence-electron chi connectivity index (χ2n) is 3.48. The average molecular weight is 238 g/mol. The van der Waals surface area contributed by atoms with E-state index in [-0.39, 0.29) is 0 Å². The van der Waals surface area contributed by atoms with Crippen molar-refractivity contribution in [1.82, 2.24) is 9.97 Å². The van der Waals surface area contributed by atoms with Gasteiger partial charge in [-0.15, -0.1) is 0 Å². The van der Waals surface area contributed by atoms with E-state index in [4.69, 9.17) is 22.1 Å². The molecule has 2 rings (SSSR count). The molecule has 0 saturated carbocycles. The predicted molar refractivity (Wildman–Crippen MR) is 64.7 cm³/mol. The molecule has 0 atom stereocenters. The first kappa shape index (κ1) is 10.8. The van der Waals surface area contributed by atoms with Gasteiger partial charge in [-0.1, -0.05) is 11.6 Å². The topological polar surface area (TPSA) is 63.9 Å². The molecule has 0 aliphatic rings. The molecular formula is C11H12ClN3O. The molecule has 0 aliphatic heterocycles. The minimum absolute atomic E-state index is 0.390. The Labute approximate surface area is 98.4 Å². The summed E-state index contributed by atoms with van der Waals surface area (Å²) in [7, 11) is 1.59. The summed E-state index contributed by atoms with van der Waals surface area (Å²) in [5.74, 6) is 1.05.